The third-order valence-electron chi connectivity index (χ3n) is 3.36. The molecule has 0 saturated carbocycles. The molecule has 6 heteroatoms. The highest BCUT2D eigenvalue weighted by atomic mass is 16.3. The molecule has 0 atom stereocenters. The van der Waals surface area contributed by atoms with Crippen LogP contribution in [0.15, 0.2) is 81.7 Å². The summed E-state index contributed by atoms with van der Waals surface area (Å²) in [5, 5.41) is 5.32. The maximum Gasteiger partial charge on any atom is 0.268 e. The summed E-state index contributed by atoms with van der Waals surface area (Å²) in [5.41, 5.74) is 0.530. The second-order valence-corrected chi connectivity index (χ2v) is 5.16. The first-order valence-electron chi connectivity index (χ1n) is 7.64. The number of furan rings is 2. The van der Waals surface area contributed by atoms with Gasteiger partial charge in [0.1, 0.15) is 17.2 Å². The van der Waals surface area contributed by atoms with Crippen LogP contribution in [0.3, 0.4) is 0 Å². The summed E-state index contributed by atoms with van der Waals surface area (Å²) < 4.78 is 10.4. The maximum absolute atomic E-state index is 12.5. The fourth-order valence-corrected chi connectivity index (χ4v) is 2.13. The zero-order chi connectivity index (χ0) is 17.5. The lowest BCUT2D eigenvalue weighted by Crippen LogP contribution is -2.34. The Morgan fingerprint density at radius 2 is 1.68 bits per heavy atom. The highest BCUT2D eigenvalue weighted by Gasteiger charge is 2.15. The van der Waals surface area contributed by atoms with Crippen LogP contribution in [0.1, 0.15) is 21.9 Å². The van der Waals surface area contributed by atoms with Crippen molar-refractivity contribution in [2.75, 3.05) is 0 Å². The number of carbonyl (C=O) groups is 2. The lowest BCUT2D eigenvalue weighted by atomic mass is 10.2. The van der Waals surface area contributed by atoms with Crippen LogP contribution in [-0.2, 0) is 11.3 Å². The van der Waals surface area contributed by atoms with E-state index in [9.17, 15) is 9.59 Å². The fraction of sp³-hybridized carbons (Fsp3) is 0.0526. The topological polar surface area (TPSA) is 84.5 Å². The molecule has 0 aliphatic carbocycles. The number of hydrogen-bond donors (Lipinski definition) is 2. The molecule has 3 aromatic rings. The van der Waals surface area contributed by atoms with Crippen LogP contribution >= 0.6 is 0 Å². The third kappa shape index (κ3) is 4.48. The van der Waals surface area contributed by atoms with Gasteiger partial charge in [0.2, 0.25) is 0 Å². The third-order valence-corrected chi connectivity index (χ3v) is 3.36. The second-order valence-electron chi connectivity index (χ2n) is 5.16. The minimum atomic E-state index is -0.447. The number of amides is 2. The summed E-state index contributed by atoms with van der Waals surface area (Å²) in [6.45, 7) is 0.211. The van der Waals surface area contributed by atoms with Crippen molar-refractivity contribution < 1.29 is 18.4 Å². The Balaban J connectivity index is 1.75. The van der Waals surface area contributed by atoms with Gasteiger partial charge in [-0.1, -0.05) is 18.2 Å². The zero-order valence-corrected chi connectivity index (χ0v) is 13.3. The molecule has 0 fully saturated rings. The van der Waals surface area contributed by atoms with Crippen LogP contribution in [0.5, 0.6) is 0 Å². The normalized spacial score (nSPS) is 11.1. The molecule has 0 aliphatic rings. The van der Waals surface area contributed by atoms with E-state index < -0.39 is 5.91 Å². The van der Waals surface area contributed by atoms with Gasteiger partial charge in [-0.25, -0.2) is 0 Å². The number of hydrogen-bond acceptors (Lipinski definition) is 4. The van der Waals surface area contributed by atoms with Gasteiger partial charge in [0.25, 0.3) is 11.8 Å². The van der Waals surface area contributed by atoms with Gasteiger partial charge in [-0.15, -0.1) is 0 Å². The lowest BCUT2D eigenvalue weighted by Gasteiger charge is -2.10. The van der Waals surface area contributed by atoms with Crippen molar-refractivity contribution >= 4 is 17.9 Å². The Bertz CT molecular complexity index is 850. The molecule has 25 heavy (non-hydrogen) atoms. The van der Waals surface area contributed by atoms with Crippen LogP contribution in [0.4, 0.5) is 0 Å². The minimum absolute atomic E-state index is 0.0790. The predicted octanol–water partition coefficient (Wildman–Crippen LogP) is 2.96. The molecule has 0 bridgehead atoms. The molecular formula is C19H16N2O4. The van der Waals surface area contributed by atoms with E-state index in [0.29, 0.717) is 17.1 Å². The van der Waals surface area contributed by atoms with Gasteiger partial charge in [-0.2, -0.15) is 0 Å². The summed E-state index contributed by atoms with van der Waals surface area (Å²) in [5.74, 6) is 0.236. The lowest BCUT2D eigenvalue weighted by molar-refractivity contribution is -0.118. The van der Waals surface area contributed by atoms with Crippen molar-refractivity contribution in [3.05, 3.63) is 89.9 Å². The zero-order valence-electron chi connectivity index (χ0n) is 13.3. The Labute approximate surface area is 144 Å². The molecule has 0 aliphatic heterocycles. The molecule has 2 amide bonds. The molecule has 0 saturated heterocycles. The van der Waals surface area contributed by atoms with E-state index in [2.05, 4.69) is 10.6 Å². The summed E-state index contributed by atoms with van der Waals surface area (Å²) >= 11 is 0. The molecule has 0 unspecified atom stereocenters. The highest BCUT2D eigenvalue weighted by Crippen LogP contribution is 2.08. The van der Waals surface area contributed by atoms with Crippen LogP contribution in [-0.4, -0.2) is 11.8 Å². The summed E-state index contributed by atoms with van der Waals surface area (Å²) in [6.07, 6.45) is 4.49. The summed E-state index contributed by atoms with van der Waals surface area (Å²) in [6, 6.07) is 15.5. The molecule has 2 aromatic heterocycles. The van der Waals surface area contributed by atoms with Crippen molar-refractivity contribution in [3.63, 3.8) is 0 Å². The average molecular weight is 336 g/mol. The Hall–Kier alpha value is -3.54. The standard InChI is InChI=1S/C19H16N2O4/c22-18(14-6-2-1-3-7-14)21-17(12-15-8-4-10-24-15)19(23)20-13-16-9-5-11-25-16/h1-12H,13H2,(H,20,23)(H,21,22)/b17-12+. The average Bonchev–Trinajstić information content (AvgIpc) is 3.33. The van der Waals surface area contributed by atoms with Crippen molar-refractivity contribution in [1.29, 1.82) is 0 Å². The van der Waals surface area contributed by atoms with Crippen LogP contribution < -0.4 is 10.6 Å². The van der Waals surface area contributed by atoms with Gasteiger partial charge in [-0.3, -0.25) is 9.59 Å². The van der Waals surface area contributed by atoms with E-state index in [1.807, 2.05) is 6.07 Å². The first-order valence-corrected chi connectivity index (χ1v) is 7.64. The number of rotatable bonds is 6. The van der Waals surface area contributed by atoms with E-state index in [-0.39, 0.29) is 18.1 Å². The largest absolute Gasteiger partial charge is 0.467 e. The minimum Gasteiger partial charge on any atom is -0.467 e. The SMILES string of the molecule is O=C(NCc1ccco1)/C(=C\c1ccco1)NC(=O)c1ccccc1. The highest BCUT2D eigenvalue weighted by molar-refractivity contribution is 6.05. The van der Waals surface area contributed by atoms with Crippen LogP contribution in [0.2, 0.25) is 0 Å². The Morgan fingerprint density at radius 3 is 2.36 bits per heavy atom. The maximum atomic E-state index is 12.5. The molecule has 126 valence electrons. The number of benzene rings is 1. The van der Waals surface area contributed by atoms with E-state index in [0.717, 1.165) is 0 Å². The van der Waals surface area contributed by atoms with E-state index in [1.165, 1.54) is 18.6 Å². The summed E-state index contributed by atoms with van der Waals surface area (Å²) in [4.78, 5) is 24.8. The predicted molar refractivity (Wildman–Crippen MR) is 91.1 cm³/mol. The molecule has 2 heterocycles. The van der Waals surface area contributed by atoms with Gasteiger partial charge >= 0.3 is 0 Å². The van der Waals surface area contributed by atoms with E-state index in [1.54, 1.807) is 48.5 Å². The van der Waals surface area contributed by atoms with Crippen molar-refractivity contribution in [2.45, 2.75) is 6.54 Å². The second kappa shape index (κ2) is 7.83. The van der Waals surface area contributed by atoms with Crippen LogP contribution in [0, 0.1) is 0 Å². The first-order chi connectivity index (χ1) is 12.2. The summed E-state index contributed by atoms with van der Waals surface area (Å²) in [7, 11) is 0. The van der Waals surface area contributed by atoms with Crippen molar-refractivity contribution in [2.24, 2.45) is 0 Å². The Morgan fingerprint density at radius 1 is 0.920 bits per heavy atom. The molecule has 1 aromatic carbocycles. The smallest absolute Gasteiger partial charge is 0.268 e. The van der Waals surface area contributed by atoms with Crippen LogP contribution in [0.25, 0.3) is 6.08 Å². The number of nitrogens with one attached hydrogen (secondary N) is 2. The van der Waals surface area contributed by atoms with Gasteiger partial charge < -0.3 is 19.5 Å². The number of carbonyl (C=O) groups excluding carboxylic acids is 2. The molecule has 6 nitrogen and oxygen atoms in total. The van der Waals surface area contributed by atoms with E-state index in [4.69, 9.17) is 8.83 Å². The Kier molecular flexibility index (Phi) is 5.11. The molecular weight excluding hydrogens is 320 g/mol. The van der Waals surface area contributed by atoms with Crippen molar-refractivity contribution in [1.82, 2.24) is 10.6 Å². The van der Waals surface area contributed by atoms with E-state index >= 15 is 0 Å². The fourth-order valence-electron chi connectivity index (χ4n) is 2.13. The van der Waals surface area contributed by atoms with Gasteiger partial charge in [0.15, 0.2) is 0 Å². The monoisotopic (exact) mass is 336 g/mol. The quantitative estimate of drug-likeness (QED) is 0.678. The first kappa shape index (κ1) is 16.3. The van der Waals surface area contributed by atoms with Gasteiger partial charge in [0, 0.05) is 11.6 Å². The molecule has 0 radical (unpaired) electrons. The van der Waals surface area contributed by atoms with Gasteiger partial charge in [0.05, 0.1) is 19.1 Å². The van der Waals surface area contributed by atoms with Gasteiger partial charge in [-0.05, 0) is 36.4 Å². The molecule has 2 N–H and O–H groups in total. The molecule has 3 rings (SSSR count). The molecule has 0 spiro atoms. The van der Waals surface area contributed by atoms with Crippen molar-refractivity contribution in [3.8, 4) is 0 Å².